The summed E-state index contributed by atoms with van der Waals surface area (Å²) in [6, 6.07) is 6.62. The van der Waals surface area contributed by atoms with Crippen molar-refractivity contribution >= 4 is 35.2 Å². The van der Waals surface area contributed by atoms with E-state index < -0.39 is 5.56 Å². The first-order valence-electron chi connectivity index (χ1n) is 7.19. The van der Waals surface area contributed by atoms with Crippen molar-refractivity contribution in [2.24, 2.45) is 4.99 Å². The van der Waals surface area contributed by atoms with Crippen LogP contribution in [0.5, 0.6) is 5.88 Å². The van der Waals surface area contributed by atoms with Gasteiger partial charge in [0.05, 0.1) is 30.1 Å². The molecule has 9 heteroatoms. The summed E-state index contributed by atoms with van der Waals surface area (Å²) in [6.45, 7) is 2.12. The van der Waals surface area contributed by atoms with Crippen LogP contribution in [0.15, 0.2) is 28.0 Å². The fourth-order valence-corrected chi connectivity index (χ4v) is 2.64. The van der Waals surface area contributed by atoms with Crippen LogP contribution in [-0.2, 0) is 11.3 Å². The van der Waals surface area contributed by atoms with Gasteiger partial charge in [-0.15, -0.1) is 0 Å². The Morgan fingerprint density at radius 1 is 1.56 bits per heavy atom. The molecule has 0 aliphatic carbocycles. The van der Waals surface area contributed by atoms with Gasteiger partial charge in [0.2, 0.25) is 5.88 Å². The molecule has 0 radical (unpaired) electrons. The predicted molar refractivity (Wildman–Crippen MR) is 97.5 cm³/mol. The lowest BCUT2D eigenvalue weighted by Crippen LogP contribution is -2.22. The largest absolute Gasteiger partial charge is 0.494 e. The van der Waals surface area contributed by atoms with E-state index in [9.17, 15) is 9.90 Å². The van der Waals surface area contributed by atoms with Gasteiger partial charge in [-0.3, -0.25) is 19.3 Å². The Morgan fingerprint density at radius 3 is 2.92 bits per heavy atom. The number of benzene rings is 1. The summed E-state index contributed by atoms with van der Waals surface area (Å²) in [5.74, 6) is -0.312. The quantitative estimate of drug-likeness (QED) is 0.615. The van der Waals surface area contributed by atoms with Crippen LogP contribution >= 0.6 is 23.8 Å². The summed E-state index contributed by atoms with van der Waals surface area (Å²) in [7, 11) is 1.52. The van der Waals surface area contributed by atoms with Crippen molar-refractivity contribution in [2.45, 2.75) is 13.5 Å². The smallest absolute Gasteiger partial charge is 0.264 e. The second-order valence-electron chi connectivity index (χ2n) is 5.07. The van der Waals surface area contributed by atoms with Crippen molar-refractivity contribution in [2.75, 3.05) is 13.7 Å². The zero-order chi connectivity index (χ0) is 18.6. The number of nitrogens with zero attached hydrogens (tertiary/aromatic N) is 3. The Labute approximate surface area is 153 Å². The first-order valence-corrected chi connectivity index (χ1v) is 7.98. The number of aromatic amines is 1. The van der Waals surface area contributed by atoms with Crippen LogP contribution in [0.4, 0.5) is 5.69 Å². The van der Waals surface area contributed by atoms with Crippen LogP contribution in [0.3, 0.4) is 0 Å². The van der Waals surface area contributed by atoms with E-state index in [4.69, 9.17) is 33.8 Å². The molecule has 0 unspecified atom stereocenters. The van der Waals surface area contributed by atoms with Gasteiger partial charge in [0.15, 0.2) is 4.77 Å². The second kappa shape index (κ2) is 8.07. The molecule has 7 nitrogen and oxygen atoms in total. The third kappa shape index (κ3) is 4.14. The number of methoxy groups -OCH3 is 1. The third-order valence-corrected chi connectivity index (χ3v) is 3.98. The Bertz CT molecular complexity index is 988. The Morgan fingerprint density at radius 2 is 2.28 bits per heavy atom. The van der Waals surface area contributed by atoms with E-state index in [1.54, 1.807) is 13.0 Å². The maximum atomic E-state index is 12.2. The SMILES string of the molecule is COCCn1c(O)c(C(C)=Nc2cc(Cl)ccc2C#N)c(=O)[nH]c1=S. The molecule has 0 fully saturated rings. The number of nitrogens with one attached hydrogen (secondary N) is 1. The van der Waals surface area contributed by atoms with Crippen LogP contribution in [-0.4, -0.2) is 34.1 Å². The standard InChI is InChI=1S/C16H15ClN4O3S/c1-9(19-12-7-11(17)4-3-10(12)8-18)13-14(22)20-16(25)21(15(13)23)5-6-24-2/h3-4,7,23H,5-6H2,1-2H3,(H,20,22,25). The minimum Gasteiger partial charge on any atom is -0.494 e. The van der Waals surface area contributed by atoms with Crippen molar-refractivity contribution in [3.63, 3.8) is 0 Å². The van der Waals surface area contributed by atoms with E-state index in [0.29, 0.717) is 22.9 Å². The Hall–Kier alpha value is -2.47. The first-order chi connectivity index (χ1) is 11.9. The minimum atomic E-state index is -0.571. The van der Waals surface area contributed by atoms with E-state index in [2.05, 4.69) is 9.98 Å². The number of halogens is 1. The fraction of sp³-hybridized carbons (Fsp3) is 0.250. The summed E-state index contributed by atoms with van der Waals surface area (Å²) in [5.41, 5.74) is 0.217. The minimum absolute atomic E-state index is 0.0337. The molecule has 1 aromatic carbocycles. The zero-order valence-electron chi connectivity index (χ0n) is 13.5. The van der Waals surface area contributed by atoms with E-state index in [1.807, 2.05) is 6.07 Å². The molecule has 0 spiro atoms. The van der Waals surface area contributed by atoms with Gasteiger partial charge in [0, 0.05) is 12.1 Å². The van der Waals surface area contributed by atoms with Gasteiger partial charge in [-0.05, 0) is 37.3 Å². The Balaban J connectivity index is 2.62. The van der Waals surface area contributed by atoms with E-state index in [-0.39, 0.29) is 28.5 Å². The van der Waals surface area contributed by atoms with Crippen LogP contribution in [0, 0.1) is 16.1 Å². The predicted octanol–water partition coefficient (Wildman–Crippen LogP) is 2.92. The van der Waals surface area contributed by atoms with Crippen molar-refractivity contribution in [3.8, 4) is 11.9 Å². The molecule has 2 aromatic rings. The number of hydrogen-bond donors (Lipinski definition) is 2. The number of H-pyrrole nitrogens is 1. The summed E-state index contributed by atoms with van der Waals surface area (Å²) in [5, 5.41) is 20.0. The van der Waals surface area contributed by atoms with Gasteiger partial charge in [-0.2, -0.15) is 5.26 Å². The molecule has 1 aromatic heterocycles. The first kappa shape index (κ1) is 18.9. The molecule has 130 valence electrons. The fourth-order valence-electron chi connectivity index (χ4n) is 2.20. The highest BCUT2D eigenvalue weighted by molar-refractivity contribution is 7.71. The van der Waals surface area contributed by atoms with Crippen LogP contribution in [0.2, 0.25) is 5.02 Å². The lowest BCUT2D eigenvalue weighted by Gasteiger charge is -2.12. The van der Waals surface area contributed by atoms with E-state index in [0.717, 1.165) is 0 Å². The van der Waals surface area contributed by atoms with Crippen molar-refractivity contribution in [3.05, 3.63) is 49.5 Å². The molecule has 0 bridgehead atoms. The topological polar surface area (TPSA) is 103 Å². The average molecular weight is 379 g/mol. The number of aliphatic imine (C=N–C) groups is 1. The van der Waals surface area contributed by atoms with Crippen LogP contribution < -0.4 is 5.56 Å². The van der Waals surface area contributed by atoms with Crippen molar-refractivity contribution < 1.29 is 9.84 Å². The van der Waals surface area contributed by atoms with Gasteiger partial charge < -0.3 is 9.84 Å². The molecule has 0 aliphatic rings. The third-order valence-electron chi connectivity index (χ3n) is 3.42. The molecule has 0 atom stereocenters. The van der Waals surface area contributed by atoms with Gasteiger partial charge in [0.25, 0.3) is 5.56 Å². The number of hydrogen-bond acceptors (Lipinski definition) is 6. The summed E-state index contributed by atoms with van der Waals surface area (Å²) in [6.07, 6.45) is 0. The molecule has 0 saturated heterocycles. The van der Waals surface area contributed by atoms with E-state index >= 15 is 0 Å². The molecule has 1 heterocycles. The maximum Gasteiger partial charge on any atom is 0.264 e. The maximum absolute atomic E-state index is 12.2. The highest BCUT2D eigenvalue weighted by atomic mass is 35.5. The molecule has 25 heavy (non-hydrogen) atoms. The average Bonchev–Trinajstić information content (AvgIpc) is 2.54. The number of nitriles is 1. The van der Waals surface area contributed by atoms with Gasteiger partial charge in [-0.25, -0.2) is 0 Å². The monoisotopic (exact) mass is 378 g/mol. The number of aromatic nitrogens is 2. The van der Waals surface area contributed by atoms with Crippen molar-refractivity contribution in [1.29, 1.82) is 5.26 Å². The highest BCUT2D eigenvalue weighted by Gasteiger charge is 2.16. The van der Waals surface area contributed by atoms with Gasteiger partial charge in [-0.1, -0.05) is 11.6 Å². The molecule has 0 aliphatic heterocycles. The molecular weight excluding hydrogens is 364 g/mol. The summed E-state index contributed by atoms with van der Waals surface area (Å²) in [4.78, 5) is 19.0. The molecular formula is C16H15ClN4O3S. The highest BCUT2D eigenvalue weighted by Crippen LogP contribution is 2.25. The van der Waals surface area contributed by atoms with Crippen LogP contribution in [0.1, 0.15) is 18.1 Å². The molecule has 0 saturated carbocycles. The van der Waals surface area contributed by atoms with Gasteiger partial charge >= 0.3 is 0 Å². The van der Waals surface area contributed by atoms with Gasteiger partial charge in [0.1, 0.15) is 11.6 Å². The van der Waals surface area contributed by atoms with Crippen LogP contribution in [0.25, 0.3) is 0 Å². The molecule has 0 amide bonds. The number of rotatable bonds is 5. The molecule has 2 rings (SSSR count). The number of aromatic hydroxyl groups is 1. The van der Waals surface area contributed by atoms with Crippen molar-refractivity contribution in [1.82, 2.24) is 9.55 Å². The summed E-state index contributed by atoms with van der Waals surface area (Å²) >= 11 is 11.0. The Kier molecular flexibility index (Phi) is 6.09. The number of ether oxygens (including phenoxy) is 1. The zero-order valence-corrected chi connectivity index (χ0v) is 15.1. The lowest BCUT2D eigenvalue weighted by molar-refractivity contribution is 0.182. The van der Waals surface area contributed by atoms with E-state index in [1.165, 1.54) is 23.8 Å². The second-order valence-corrected chi connectivity index (χ2v) is 5.90. The normalized spacial score (nSPS) is 11.4. The summed E-state index contributed by atoms with van der Waals surface area (Å²) < 4.78 is 6.40. The lowest BCUT2D eigenvalue weighted by atomic mass is 10.1. The molecule has 2 N–H and O–H groups in total.